The van der Waals surface area contributed by atoms with E-state index in [2.05, 4.69) is 22.2 Å². The summed E-state index contributed by atoms with van der Waals surface area (Å²) in [6.07, 6.45) is 5.44. The maximum Gasteiger partial charge on any atom is 0.337 e. The number of carbonyl (C=O) groups is 4. The Balaban J connectivity index is 1.18. The number of hydrogen-bond donors (Lipinski definition) is 1. The normalized spacial score (nSPS) is 30.6. The van der Waals surface area contributed by atoms with Crippen molar-refractivity contribution in [1.29, 1.82) is 0 Å². The van der Waals surface area contributed by atoms with E-state index >= 15 is 0 Å². The van der Waals surface area contributed by atoms with Gasteiger partial charge in [0.1, 0.15) is 0 Å². The lowest BCUT2D eigenvalue weighted by molar-refractivity contribution is -0.124. The number of methoxy groups -OCH3 is 1. The van der Waals surface area contributed by atoms with Crippen LogP contribution in [0, 0.1) is 35.5 Å². The van der Waals surface area contributed by atoms with Crippen molar-refractivity contribution in [3.63, 3.8) is 0 Å². The number of nitrogens with zero attached hydrogens (tertiary/aromatic N) is 1. The Kier molecular flexibility index (Phi) is 4.30. The highest BCUT2D eigenvalue weighted by atomic mass is 16.5. The predicted molar refractivity (Wildman–Crippen MR) is 119 cm³/mol. The van der Waals surface area contributed by atoms with Gasteiger partial charge in [-0.15, -0.1) is 0 Å². The number of anilines is 2. The Morgan fingerprint density at radius 1 is 0.848 bits per heavy atom. The lowest BCUT2D eigenvalue weighted by Crippen LogP contribution is -2.40. The molecule has 1 saturated heterocycles. The number of esters is 1. The van der Waals surface area contributed by atoms with Crippen LogP contribution in [0.1, 0.15) is 27.1 Å². The molecule has 166 valence electrons. The molecule has 0 radical (unpaired) electrons. The van der Waals surface area contributed by atoms with Crippen LogP contribution >= 0.6 is 0 Å². The van der Waals surface area contributed by atoms with Gasteiger partial charge < -0.3 is 10.1 Å². The van der Waals surface area contributed by atoms with Crippen molar-refractivity contribution >= 4 is 35.1 Å². The van der Waals surface area contributed by atoms with Gasteiger partial charge >= 0.3 is 5.97 Å². The quantitative estimate of drug-likeness (QED) is 0.446. The molecule has 3 fully saturated rings. The topological polar surface area (TPSA) is 92.8 Å². The van der Waals surface area contributed by atoms with E-state index in [0.717, 1.165) is 6.42 Å². The molecule has 1 heterocycles. The number of allylic oxidation sites excluding steroid dienone is 2. The standard InChI is InChI=1S/C26H22N2O5/c1-33-26(32)14-2-6-15(7-3-14)27-23(29)13-4-8-16(9-5-13)28-24(30)21-17-10-11-18(20-12-19(17)20)22(21)25(28)31/h2-11,17-22H,12H2,1H3,(H,27,29). The van der Waals surface area contributed by atoms with Crippen LogP contribution in [0.5, 0.6) is 0 Å². The predicted octanol–water partition coefficient (Wildman–Crippen LogP) is 3.28. The Morgan fingerprint density at radius 2 is 1.39 bits per heavy atom. The molecule has 2 bridgehead atoms. The van der Waals surface area contributed by atoms with Gasteiger partial charge in [0.05, 0.1) is 30.2 Å². The summed E-state index contributed by atoms with van der Waals surface area (Å²) in [5.74, 6) is -0.00676. The summed E-state index contributed by atoms with van der Waals surface area (Å²) in [4.78, 5) is 51.9. The van der Waals surface area contributed by atoms with E-state index in [0.29, 0.717) is 34.3 Å². The Labute approximate surface area is 190 Å². The van der Waals surface area contributed by atoms with Gasteiger partial charge in [0, 0.05) is 11.3 Å². The molecule has 4 aliphatic carbocycles. The largest absolute Gasteiger partial charge is 0.465 e. The third-order valence-electron chi connectivity index (χ3n) is 7.61. The molecule has 2 saturated carbocycles. The highest BCUT2D eigenvalue weighted by Gasteiger charge is 2.67. The Morgan fingerprint density at radius 3 is 1.94 bits per heavy atom. The lowest BCUT2D eigenvalue weighted by atomic mass is 9.63. The second-order valence-corrected chi connectivity index (χ2v) is 9.24. The van der Waals surface area contributed by atoms with Gasteiger partial charge in [-0.25, -0.2) is 4.79 Å². The van der Waals surface area contributed by atoms with Crippen molar-refractivity contribution in [3.05, 3.63) is 71.8 Å². The molecule has 0 spiro atoms. The Bertz CT molecular complexity index is 1180. The zero-order valence-corrected chi connectivity index (χ0v) is 17.9. The average molecular weight is 442 g/mol. The van der Waals surface area contributed by atoms with Gasteiger partial charge in [-0.1, -0.05) is 12.2 Å². The zero-order chi connectivity index (χ0) is 22.9. The van der Waals surface area contributed by atoms with E-state index in [4.69, 9.17) is 0 Å². The molecule has 2 aromatic rings. The minimum Gasteiger partial charge on any atom is -0.465 e. The molecule has 33 heavy (non-hydrogen) atoms. The van der Waals surface area contributed by atoms with Crippen LogP contribution in [0.2, 0.25) is 0 Å². The monoisotopic (exact) mass is 442 g/mol. The van der Waals surface area contributed by atoms with E-state index in [1.807, 2.05) is 0 Å². The van der Waals surface area contributed by atoms with Crippen LogP contribution in [-0.2, 0) is 14.3 Å². The molecule has 7 nitrogen and oxygen atoms in total. The van der Waals surface area contributed by atoms with Crippen molar-refractivity contribution < 1.29 is 23.9 Å². The summed E-state index contributed by atoms with van der Waals surface area (Å²) in [7, 11) is 1.31. The van der Waals surface area contributed by atoms with E-state index < -0.39 is 5.97 Å². The van der Waals surface area contributed by atoms with Crippen LogP contribution < -0.4 is 10.2 Å². The molecule has 3 amide bonds. The number of benzene rings is 2. The van der Waals surface area contributed by atoms with Crippen molar-refractivity contribution in [3.8, 4) is 0 Å². The number of carbonyl (C=O) groups excluding carboxylic acids is 4. The summed E-state index contributed by atoms with van der Waals surface area (Å²) < 4.78 is 4.67. The highest BCUT2D eigenvalue weighted by molar-refractivity contribution is 6.22. The fourth-order valence-electron chi connectivity index (χ4n) is 5.98. The fraction of sp³-hybridized carbons (Fsp3) is 0.308. The first-order valence-corrected chi connectivity index (χ1v) is 11.1. The number of rotatable bonds is 4. The van der Waals surface area contributed by atoms with E-state index in [1.165, 1.54) is 12.0 Å². The second-order valence-electron chi connectivity index (χ2n) is 9.24. The van der Waals surface area contributed by atoms with Crippen molar-refractivity contribution in [1.82, 2.24) is 0 Å². The smallest absolute Gasteiger partial charge is 0.337 e. The van der Waals surface area contributed by atoms with E-state index in [9.17, 15) is 19.2 Å². The van der Waals surface area contributed by atoms with Crippen molar-refractivity contribution in [2.75, 3.05) is 17.3 Å². The molecule has 6 unspecified atom stereocenters. The van der Waals surface area contributed by atoms with E-state index in [1.54, 1.807) is 48.5 Å². The SMILES string of the molecule is COC(=O)c1ccc(NC(=O)c2ccc(N3C(=O)C4C5C=CC(C6CC56)C4C3=O)cc2)cc1. The highest BCUT2D eigenvalue weighted by Crippen LogP contribution is 2.65. The van der Waals surface area contributed by atoms with Gasteiger partial charge in [-0.2, -0.15) is 0 Å². The first-order chi connectivity index (χ1) is 16.0. The van der Waals surface area contributed by atoms with Crippen LogP contribution in [0.15, 0.2) is 60.7 Å². The Hall–Kier alpha value is -3.74. The minimum absolute atomic E-state index is 0.113. The first-order valence-electron chi connectivity index (χ1n) is 11.1. The average Bonchev–Trinajstić information content (AvgIpc) is 3.62. The molecular formula is C26H22N2O5. The van der Waals surface area contributed by atoms with Crippen LogP contribution in [-0.4, -0.2) is 30.8 Å². The minimum atomic E-state index is -0.449. The zero-order valence-electron chi connectivity index (χ0n) is 17.9. The summed E-state index contributed by atoms with van der Waals surface area (Å²) in [5.41, 5.74) is 1.83. The summed E-state index contributed by atoms with van der Waals surface area (Å²) in [6.45, 7) is 0. The van der Waals surface area contributed by atoms with Gasteiger partial charge in [0.2, 0.25) is 11.8 Å². The molecule has 7 rings (SSSR count). The van der Waals surface area contributed by atoms with Crippen LogP contribution in [0.4, 0.5) is 11.4 Å². The molecule has 7 heteroatoms. The van der Waals surface area contributed by atoms with Crippen molar-refractivity contribution in [2.45, 2.75) is 6.42 Å². The number of imide groups is 1. The molecule has 6 atom stereocenters. The van der Waals surface area contributed by atoms with Gasteiger partial charge in [-0.05, 0) is 78.6 Å². The van der Waals surface area contributed by atoms with Crippen LogP contribution in [0.25, 0.3) is 0 Å². The lowest BCUT2D eigenvalue weighted by Gasteiger charge is -2.37. The number of nitrogens with one attached hydrogen (secondary N) is 1. The third kappa shape index (κ3) is 2.95. The first kappa shape index (κ1) is 19.9. The molecule has 2 aromatic carbocycles. The van der Waals surface area contributed by atoms with Crippen LogP contribution in [0.3, 0.4) is 0 Å². The van der Waals surface area contributed by atoms with Gasteiger partial charge in [0.15, 0.2) is 0 Å². The molecular weight excluding hydrogens is 420 g/mol. The third-order valence-corrected chi connectivity index (χ3v) is 7.61. The fourth-order valence-corrected chi connectivity index (χ4v) is 5.98. The van der Waals surface area contributed by atoms with Gasteiger partial charge in [-0.3, -0.25) is 19.3 Å². The maximum absolute atomic E-state index is 13.2. The number of amides is 3. The number of hydrogen-bond acceptors (Lipinski definition) is 5. The molecule has 0 aromatic heterocycles. The molecule has 1 N–H and O–H groups in total. The van der Waals surface area contributed by atoms with E-state index in [-0.39, 0.29) is 41.4 Å². The summed E-state index contributed by atoms with van der Waals surface area (Å²) in [6, 6.07) is 12.9. The van der Waals surface area contributed by atoms with Crippen molar-refractivity contribution in [2.24, 2.45) is 35.5 Å². The number of ether oxygens (including phenoxy) is 1. The maximum atomic E-state index is 13.2. The summed E-state index contributed by atoms with van der Waals surface area (Å²) in [5, 5.41) is 2.77. The molecule has 5 aliphatic rings. The second kappa shape index (κ2) is 7.13. The van der Waals surface area contributed by atoms with Gasteiger partial charge in [0.25, 0.3) is 5.91 Å². The summed E-state index contributed by atoms with van der Waals surface area (Å²) >= 11 is 0. The molecule has 1 aliphatic heterocycles.